The molecule has 9 nitrogen and oxygen atoms in total. The Morgan fingerprint density at radius 2 is 1.34 bits per heavy atom. The van der Waals surface area contributed by atoms with E-state index in [1.54, 1.807) is 0 Å². The second-order valence-electron chi connectivity index (χ2n) is 9.92. The van der Waals surface area contributed by atoms with Gasteiger partial charge in [-0.15, -0.1) is 0 Å². The molecule has 1 aliphatic heterocycles. The highest BCUT2D eigenvalue weighted by atomic mass is 16.6. The van der Waals surface area contributed by atoms with Gasteiger partial charge >= 0.3 is 5.82 Å². The molecule has 0 radical (unpaired) electrons. The minimum atomic E-state index is -0.880. The van der Waals surface area contributed by atoms with Gasteiger partial charge in [-0.25, -0.2) is 4.98 Å². The lowest BCUT2D eigenvalue weighted by atomic mass is 10.0. The molecule has 1 fully saturated rings. The Labute approximate surface area is 238 Å². The van der Waals surface area contributed by atoms with Crippen LogP contribution in [0.2, 0.25) is 0 Å². The third-order valence-electron chi connectivity index (χ3n) is 6.97. The summed E-state index contributed by atoms with van der Waals surface area (Å²) in [7, 11) is 0. The van der Waals surface area contributed by atoms with E-state index in [-0.39, 0.29) is 42.7 Å². The van der Waals surface area contributed by atoms with Gasteiger partial charge in [0.15, 0.2) is 11.5 Å². The molecule has 0 unspecified atom stereocenters. The molecule has 1 saturated heterocycles. The van der Waals surface area contributed by atoms with Gasteiger partial charge < -0.3 is 29.1 Å². The van der Waals surface area contributed by atoms with E-state index in [2.05, 4.69) is 4.98 Å². The standard InChI is InChI=1S/C32H32N2O7/c1-22(35)27-17-26(32(33-27)34(36)37)29-31(40-20-25-15-9-4-10-16-25)30(39-19-24-13-7-3-8-14-24)28(41-29)21-38-18-23-11-5-2-6-12-23/h2-17,28-31,33H,18-21H2,1H3/t28-,29+,30-,31+/m1/s1. The first-order valence-electron chi connectivity index (χ1n) is 13.5. The van der Waals surface area contributed by atoms with Gasteiger partial charge in [0.05, 0.1) is 32.0 Å². The monoisotopic (exact) mass is 556 g/mol. The van der Waals surface area contributed by atoms with E-state index in [4.69, 9.17) is 18.9 Å². The fourth-order valence-electron chi connectivity index (χ4n) is 4.91. The van der Waals surface area contributed by atoms with Crippen molar-refractivity contribution in [2.45, 2.75) is 51.2 Å². The lowest BCUT2D eigenvalue weighted by molar-refractivity contribution is -0.390. The zero-order valence-electron chi connectivity index (χ0n) is 22.7. The minimum Gasteiger partial charge on any atom is -0.374 e. The van der Waals surface area contributed by atoms with Crippen LogP contribution in [0.15, 0.2) is 97.1 Å². The molecule has 0 spiro atoms. The highest BCUT2D eigenvalue weighted by Crippen LogP contribution is 2.42. The van der Waals surface area contributed by atoms with Crippen molar-refractivity contribution in [2.24, 2.45) is 0 Å². The Bertz CT molecular complexity index is 1430. The Kier molecular flexibility index (Phi) is 9.33. The number of hydrogen-bond donors (Lipinski definition) is 1. The molecule has 5 rings (SSSR count). The van der Waals surface area contributed by atoms with Crippen LogP contribution in [0.1, 0.15) is 45.8 Å². The Morgan fingerprint density at radius 1 is 0.829 bits per heavy atom. The number of Topliss-reactive ketones (excluding diaryl/α,β-unsaturated/α-hetero) is 1. The van der Waals surface area contributed by atoms with Crippen molar-refractivity contribution in [1.82, 2.24) is 4.98 Å². The van der Waals surface area contributed by atoms with E-state index in [9.17, 15) is 14.9 Å². The molecular weight excluding hydrogens is 524 g/mol. The fraction of sp³-hybridized carbons (Fsp3) is 0.281. The van der Waals surface area contributed by atoms with Crippen molar-refractivity contribution in [3.05, 3.63) is 135 Å². The van der Waals surface area contributed by atoms with Gasteiger partial charge in [-0.05, 0) is 21.6 Å². The average Bonchev–Trinajstić information content (AvgIpc) is 3.59. The smallest absolute Gasteiger partial charge is 0.327 e. The van der Waals surface area contributed by atoms with Crippen LogP contribution in [0.4, 0.5) is 5.82 Å². The maximum Gasteiger partial charge on any atom is 0.327 e. The number of nitro groups is 1. The number of nitrogens with one attached hydrogen (secondary N) is 1. The highest BCUT2D eigenvalue weighted by molar-refractivity contribution is 5.93. The predicted molar refractivity (Wildman–Crippen MR) is 151 cm³/mol. The minimum absolute atomic E-state index is 0.127. The number of ether oxygens (including phenoxy) is 4. The SMILES string of the molecule is CC(=O)c1cc([C@@H]2O[C@H](COCc3ccccc3)[C@@H](OCc3ccccc3)[C@H]2OCc2ccccc2)c([N+](=O)[O-])[nH]1. The molecule has 4 atom stereocenters. The number of ketones is 1. The summed E-state index contributed by atoms with van der Waals surface area (Å²) in [5.41, 5.74) is 3.27. The number of hydrogen-bond acceptors (Lipinski definition) is 7. The molecule has 0 bridgehead atoms. The number of nitrogens with zero attached hydrogens (tertiary/aromatic N) is 1. The summed E-state index contributed by atoms with van der Waals surface area (Å²) >= 11 is 0. The molecule has 41 heavy (non-hydrogen) atoms. The number of carbonyl (C=O) groups is 1. The maximum absolute atomic E-state index is 12.1. The van der Waals surface area contributed by atoms with Crippen LogP contribution in [0.5, 0.6) is 0 Å². The van der Waals surface area contributed by atoms with Crippen LogP contribution in [0.25, 0.3) is 0 Å². The van der Waals surface area contributed by atoms with E-state index in [1.807, 2.05) is 91.0 Å². The van der Waals surface area contributed by atoms with Crippen LogP contribution in [0, 0.1) is 10.1 Å². The number of aromatic amines is 1. The average molecular weight is 557 g/mol. The molecule has 2 heterocycles. The van der Waals surface area contributed by atoms with Crippen molar-refractivity contribution in [3.63, 3.8) is 0 Å². The largest absolute Gasteiger partial charge is 0.374 e. The van der Waals surface area contributed by atoms with Crippen LogP contribution in [-0.2, 0) is 38.8 Å². The topological polar surface area (TPSA) is 113 Å². The normalized spacial score (nSPS) is 20.2. The van der Waals surface area contributed by atoms with Gasteiger partial charge in [0.25, 0.3) is 0 Å². The zero-order chi connectivity index (χ0) is 28.6. The second kappa shape index (κ2) is 13.5. The van der Waals surface area contributed by atoms with Gasteiger partial charge in [-0.2, -0.15) is 0 Å². The number of H-pyrrole nitrogens is 1. The number of benzene rings is 3. The Morgan fingerprint density at radius 3 is 1.85 bits per heavy atom. The molecule has 0 amide bonds. The van der Waals surface area contributed by atoms with E-state index in [1.165, 1.54) is 13.0 Å². The maximum atomic E-state index is 12.1. The molecule has 1 N–H and O–H groups in total. The summed E-state index contributed by atoms with van der Waals surface area (Å²) < 4.78 is 25.4. The van der Waals surface area contributed by atoms with Gasteiger partial charge in [0.1, 0.15) is 24.4 Å². The quantitative estimate of drug-likeness (QED) is 0.123. The van der Waals surface area contributed by atoms with E-state index < -0.39 is 29.3 Å². The molecule has 4 aromatic rings. The van der Waals surface area contributed by atoms with Crippen LogP contribution in [0.3, 0.4) is 0 Å². The Balaban J connectivity index is 1.45. The third-order valence-corrected chi connectivity index (χ3v) is 6.97. The molecule has 0 aliphatic carbocycles. The van der Waals surface area contributed by atoms with E-state index >= 15 is 0 Å². The van der Waals surface area contributed by atoms with Crippen molar-refractivity contribution in [2.75, 3.05) is 6.61 Å². The van der Waals surface area contributed by atoms with Crippen molar-refractivity contribution < 1.29 is 28.7 Å². The third kappa shape index (κ3) is 7.14. The lowest BCUT2D eigenvalue weighted by Crippen LogP contribution is -2.37. The lowest BCUT2D eigenvalue weighted by Gasteiger charge is -2.25. The number of aromatic nitrogens is 1. The van der Waals surface area contributed by atoms with Crippen molar-refractivity contribution in [3.8, 4) is 0 Å². The van der Waals surface area contributed by atoms with Crippen LogP contribution >= 0.6 is 0 Å². The van der Waals surface area contributed by atoms with Gasteiger partial charge in [0.2, 0.25) is 0 Å². The Hall–Kier alpha value is -4.15. The second-order valence-corrected chi connectivity index (χ2v) is 9.92. The van der Waals surface area contributed by atoms with Gasteiger partial charge in [-0.3, -0.25) is 4.79 Å². The molecular formula is C32H32N2O7. The van der Waals surface area contributed by atoms with E-state index in [0.717, 1.165) is 16.7 Å². The van der Waals surface area contributed by atoms with Gasteiger partial charge in [0, 0.05) is 13.0 Å². The fourth-order valence-corrected chi connectivity index (χ4v) is 4.91. The van der Waals surface area contributed by atoms with Crippen molar-refractivity contribution in [1.29, 1.82) is 0 Å². The van der Waals surface area contributed by atoms with Crippen molar-refractivity contribution >= 4 is 11.6 Å². The molecule has 1 aromatic heterocycles. The first-order valence-corrected chi connectivity index (χ1v) is 13.5. The summed E-state index contributed by atoms with van der Waals surface area (Å²) in [6.45, 7) is 2.42. The summed E-state index contributed by atoms with van der Waals surface area (Å²) in [5, 5.41) is 12.0. The first-order chi connectivity index (χ1) is 20.0. The molecule has 9 heteroatoms. The molecule has 1 aliphatic rings. The van der Waals surface area contributed by atoms with Crippen LogP contribution < -0.4 is 0 Å². The summed E-state index contributed by atoms with van der Waals surface area (Å²) in [6, 6.07) is 30.6. The molecule has 0 saturated carbocycles. The molecule has 3 aromatic carbocycles. The zero-order valence-corrected chi connectivity index (χ0v) is 22.7. The first kappa shape index (κ1) is 28.4. The molecule has 212 valence electrons. The van der Waals surface area contributed by atoms with Crippen LogP contribution in [-0.4, -0.2) is 40.6 Å². The number of carbonyl (C=O) groups excluding carboxylic acids is 1. The number of rotatable bonds is 13. The summed E-state index contributed by atoms with van der Waals surface area (Å²) in [5.74, 6) is -0.625. The summed E-state index contributed by atoms with van der Waals surface area (Å²) in [4.78, 5) is 26.3. The summed E-state index contributed by atoms with van der Waals surface area (Å²) in [6.07, 6.45) is -2.81. The highest BCUT2D eigenvalue weighted by Gasteiger charge is 2.49. The predicted octanol–water partition coefficient (Wildman–Crippen LogP) is 5.95. The van der Waals surface area contributed by atoms with Gasteiger partial charge in [-0.1, -0.05) is 91.0 Å². The van der Waals surface area contributed by atoms with E-state index in [0.29, 0.717) is 6.61 Å².